The molecular formula is C14H17N3O3S. The van der Waals surface area contributed by atoms with E-state index in [1.807, 2.05) is 30.3 Å². The van der Waals surface area contributed by atoms with Crippen molar-refractivity contribution in [2.24, 2.45) is 5.73 Å². The van der Waals surface area contributed by atoms with Crippen LogP contribution in [-0.2, 0) is 9.84 Å². The van der Waals surface area contributed by atoms with Crippen molar-refractivity contribution in [3.8, 4) is 0 Å². The standard InChI is InChI=1S/C14H17N3O3S/c15-12(10-6-2-1-3-7-10)14-17-16-13(20-14)11-8-4-5-9-21(11,18)19/h1-3,6-7,11-12H,4-5,8-9,15H2. The van der Waals surface area contributed by atoms with Gasteiger partial charge in [-0.2, -0.15) is 0 Å². The first-order valence-electron chi connectivity index (χ1n) is 6.93. The minimum Gasteiger partial charge on any atom is -0.422 e. The lowest BCUT2D eigenvalue weighted by atomic mass is 10.1. The van der Waals surface area contributed by atoms with Crippen LogP contribution in [0.3, 0.4) is 0 Å². The van der Waals surface area contributed by atoms with Crippen LogP contribution >= 0.6 is 0 Å². The third-order valence-corrected chi connectivity index (χ3v) is 5.90. The molecule has 2 heterocycles. The van der Waals surface area contributed by atoms with E-state index in [4.69, 9.17) is 10.2 Å². The molecule has 2 N–H and O–H groups in total. The lowest BCUT2D eigenvalue weighted by molar-refractivity contribution is 0.412. The zero-order valence-corrected chi connectivity index (χ0v) is 12.3. The van der Waals surface area contributed by atoms with Crippen LogP contribution in [0, 0.1) is 0 Å². The van der Waals surface area contributed by atoms with Gasteiger partial charge >= 0.3 is 0 Å². The lowest BCUT2D eigenvalue weighted by Gasteiger charge is -2.18. The summed E-state index contributed by atoms with van der Waals surface area (Å²) < 4.78 is 29.7. The van der Waals surface area contributed by atoms with Crippen LogP contribution in [0.2, 0.25) is 0 Å². The molecule has 0 amide bonds. The maximum atomic E-state index is 12.1. The van der Waals surface area contributed by atoms with Gasteiger partial charge in [-0.05, 0) is 18.4 Å². The highest BCUT2D eigenvalue weighted by Gasteiger charge is 2.35. The number of sulfone groups is 1. The monoisotopic (exact) mass is 307 g/mol. The van der Waals surface area contributed by atoms with Crippen molar-refractivity contribution < 1.29 is 12.8 Å². The largest absolute Gasteiger partial charge is 0.422 e. The highest BCUT2D eigenvalue weighted by Crippen LogP contribution is 2.33. The molecule has 0 aliphatic carbocycles. The van der Waals surface area contributed by atoms with E-state index < -0.39 is 21.1 Å². The van der Waals surface area contributed by atoms with E-state index in [1.165, 1.54) is 0 Å². The molecule has 1 saturated heterocycles. The van der Waals surface area contributed by atoms with Gasteiger partial charge in [0.15, 0.2) is 9.84 Å². The predicted molar refractivity (Wildman–Crippen MR) is 77.1 cm³/mol. The number of hydrogen-bond acceptors (Lipinski definition) is 6. The Bertz CT molecular complexity index is 712. The minimum absolute atomic E-state index is 0.163. The number of hydrogen-bond donors (Lipinski definition) is 1. The zero-order chi connectivity index (χ0) is 14.9. The third-order valence-electron chi connectivity index (χ3n) is 3.74. The Hall–Kier alpha value is -1.73. The number of nitrogens with two attached hydrogens (primary N) is 1. The van der Waals surface area contributed by atoms with Crippen molar-refractivity contribution in [2.75, 3.05) is 5.75 Å². The van der Waals surface area contributed by atoms with E-state index in [9.17, 15) is 8.42 Å². The Balaban J connectivity index is 1.87. The summed E-state index contributed by atoms with van der Waals surface area (Å²) in [5, 5.41) is 7.15. The molecule has 2 atom stereocenters. The van der Waals surface area contributed by atoms with Gasteiger partial charge in [0.25, 0.3) is 0 Å². The molecule has 7 heteroatoms. The lowest BCUT2D eigenvalue weighted by Crippen LogP contribution is -2.21. The number of rotatable bonds is 3. The van der Waals surface area contributed by atoms with Crippen LogP contribution in [0.15, 0.2) is 34.7 Å². The molecule has 0 spiro atoms. The first-order chi connectivity index (χ1) is 10.1. The summed E-state index contributed by atoms with van der Waals surface area (Å²) in [4.78, 5) is 0. The molecule has 2 unspecified atom stereocenters. The number of aromatic nitrogens is 2. The molecule has 0 saturated carbocycles. The fourth-order valence-corrected chi connectivity index (χ4v) is 4.36. The molecule has 1 fully saturated rings. The first-order valence-corrected chi connectivity index (χ1v) is 8.65. The van der Waals surface area contributed by atoms with Gasteiger partial charge in [-0.25, -0.2) is 8.42 Å². The van der Waals surface area contributed by atoms with E-state index in [2.05, 4.69) is 10.2 Å². The van der Waals surface area contributed by atoms with Crippen LogP contribution in [0.25, 0.3) is 0 Å². The van der Waals surface area contributed by atoms with Crippen molar-refractivity contribution in [2.45, 2.75) is 30.6 Å². The molecule has 1 aromatic heterocycles. The summed E-state index contributed by atoms with van der Waals surface area (Å²) in [5.74, 6) is 0.591. The Morgan fingerprint density at radius 2 is 1.95 bits per heavy atom. The highest BCUT2D eigenvalue weighted by molar-refractivity contribution is 7.91. The van der Waals surface area contributed by atoms with E-state index in [0.29, 0.717) is 12.8 Å². The topological polar surface area (TPSA) is 99.1 Å². The molecule has 0 radical (unpaired) electrons. The average Bonchev–Trinajstić information content (AvgIpc) is 2.96. The van der Waals surface area contributed by atoms with Gasteiger partial charge in [0.05, 0.1) is 5.75 Å². The Morgan fingerprint density at radius 1 is 1.19 bits per heavy atom. The number of nitrogens with zero attached hydrogens (tertiary/aromatic N) is 2. The molecule has 6 nitrogen and oxygen atoms in total. The van der Waals surface area contributed by atoms with Crippen LogP contribution in [0.4, 0.5) is 0 Å². The molecule has 112 valence electrons. The fraction of sp³-hybridized carbons (Fsp3) is 0.429. The van der Waals surface area contributed by atoms with Crippen molar-refractivity contribution >= 4 is 9.84 Å². The van der Waals surface area contributed by atoms with Crippen LogP contribution in [0.5, 0.6) is 0 Å². The maximum Gasteiger partial charge on any atom is 0.237 e. The smallest absolute Gasteiger partial charge is 0.237 e. The summed E-state index contributed by atoms with van der Waals surface area (Å²) in [7, 11) is -3.19. The van der Waals surface area contributed by atoms with E-state index in [1.54, 1.807) is 0 Å². The normalized spacial score (nSPS) is 22.8. The maximum absolute atomic E-state index is 12.1. The summed E-state index contributed by atoms with van der Waals surface area (Å²) in [5.41, 5.74) is 6.93. The highest BCUT2D eigenvalue weighted by atomic mass is 32.2. The summed E-state index contributed by atoms with van der Waals surface area (Å²) in [6, 6.07) is 8.83. The second-order valence-electron chi connectivity index (χ2n) is 5.22. The molecule has 3 rings (SSSR count). The number of benzene rings is 1. The van der Waals surface area contributed by atoms with Gasteiger partial charge in [-0.15, -0.1) is 10.2 Å². The van der Waals surface area contributed by atoms with Gasteiger partial charge in [0.1, 0.15) is 11.3 Å². The van der Waals surface area contributed by atoms with E-state index in [0.717, 1.165) is 12.0 Å². The summed E-state index contributed by atoms with van der Waals surface area (Å²) >= 11 is 0. The molecule has 1 aromatic carbocycles. The third kappa shape index (κ3) is 2.84. The first kappa shape index (κ1) is 14.2. The Kier molecular flexibility index (Phi) is 3.77. The summed E-state index contributed by atoms with van der Waals surface area (Å²) in [6.07, 6.45) is 2.08. The average molecular weight is 307 g/mol. The molecule has 1 aliphatic heterocycles. The van der Waals surface area contributed by atoms with Gasteiger partial charge in [-0.3, -0.25) is 0 Å². The van der Waals surface area contributed by atoms with Gasteiger partial charge in [0, 0.05) is 0 Å². The Morgan fingerprint density at radius 3 is 2.67 bits per heavy atom. The molecule has 2 aromatic rings. The quantitative estimate of drug-likeness (QED) is 0.927. The van der Waals surface area contributed by atoms with Gasteiger partial charge < -0.3 is 10.2 Å². The second kappa shape index (κ2) is 5.57. The van der Waals surface area contributed by atoms with Crippen molar-refractivity contribution in [1.29, 1.82) is 0 Å². The predicted octanol–water partition coefficient (Wildman–Crippen LogP) is 1.76. The SMILES string of the molecule is NC(c1ccccc1)c1nnc(C2CCCCS2(=O)=O)o1. The van der Waals surface area contributed by atoms with Crippen molar-refractivity contribution in [3.63, 3.8) is 0 Å². The van der Waals surface area contributed by atoms with Gasteiger partial charge in [0.2, 0.25) is 11.8 Å². The van der Waals surface area contributed by atoms with E-state index in [-0.39, 0.29) is 17.5 Å². The molecule has 1 aliphatic rings. The van der Waals surface area contributed by atoms with Gasteiger partial charge in [-0.1, -0.05) is 36.8 Å². The van der Waals surface area contributed by atoms with Crippen molar-refractivity contribution in [3.05, 3.63) is 47.7 Å². The van der Waals surface area contributed by atoms with Crippen molar-refractivity contribution in [1.82, 2.24) is 10.2 Å². The molecule has 0 bridgehead atoms. The fourth-order valence-electron chi connectivity index (χ4n) is 2.54. The Labute approximate surface area is 123 Å². The molecular weight excluding hydrogens is 290 g/mol. The van der Waals surface area contributed by atoms with Crippen LogP contribution in [-0.4, -0.2) is 24.4 Å². The zero-order valence-electron chi connectivity index (χ0n) is 11.5. The van der Waals surface area contributed by atoms with Crippen LogP contribution in [0.1, 0.15) is 47.9 Å². The minimum atomic E-state index is -3.19. The van der Waals surface area contributed by atoms with E-state index >= 15 is 0 Å². The second-order valence-corrected chi connectivity index (χ2v) is 7.52. The molecule has 21 heavy (non-hydrogen) atoms. The summed E-state index contributed by atoms with van der Waals surface area (Å²) in [6.45, 7) is 0. The van der Waals surface area contributed by atoms with Crippen LogP contribution < -0.4 is 5.73 Å².